The number of hydrogen-bond acceptors (Lipinski definition) is 3. The molecule has 0 aliphatic carbocycles. The van der Waals surface area contributed by atoms with Crippen LogP contribution in [0.2, 0.25) is 0 Å². The Bertz CT molecular complexity index is 343. The third-order valence-electron chi connectivity index (χ3n) is 3.67. The fourth-order valence-corrected chi connectivity index (χ4v) is 2.78. The van der Waals surface area contributed by atoms with Crippen LogP contribution < -0.4 is 5.32 Å². The summed E-state index contributed by atoms with van der Waals surface area (Å²) >= 11 is 0. The van der Waals surface area contributed by atoms with Crippen LogP contribution in [0.25, 0.3) is 0 Å². The van der Waals surface area contributed by atoms with Crippen LogP contribution in [0.1, 0.15) is 33.6 Å². The van der Waals surface area contributed by atoms with E-state index >= 15 is 0 Å². The molecule has 3 unspecified atom stereocenters. The quantitative estimate of drug-likeness (QED) is 0.799. The Morgan fingerprint density at radius 3 is 2.72 bits per heavy atom. The normalized spacial score (nSPS) is 33.1. The standard InChI is InChI=1S/C13H22N2O3/c1-8(2)6-10-13(17)15(7-12(16)14-10)11-4-5-18-9(11)3/h8-11H,4-7H2,1-3H3,(H,14,16). The van der Waals surface area contributed by atoms with Crippen molar-refractivity contribution in [3.8, 4) is 0 Å². The summed E-state index contributed by atoms with van der Waals surface area (Å²) in [5, 5.41) is 2.79. The second-order valence-electron chi connectivity index (χ2n) is 5.65. The summed E-state index contributed by atoms with van der Waals surface area (Å²) in [7, 11) is 0. The zero-order valence-electron chi connectivity index (χ0n) is 11.3. The van der Waals surface area contributed by atoms with E-state index in [0.29, 0.717) is 18.9 Å². The van der Waals surface area contributed by atoms with E-state index in [4.69, 9.17) is 4.74 Å². The maximum atomic E-state index is 12.4. The molecule has 0 aromatic heterocycles. The molecule has 0 spiro atoms. The van der Waals surface area contributed by atoms with E-state index in [1.165, 1.54) is 0 Å². The van der Waals surface area contributed by atoms with Crippen LogP contribution in [0.3, 0.4) is 0 Å². The second kappa shape index (κ2) is 5.26. The Morgan fingerprint density at radius 1 is 1.44 bits per heavy atom. The molecule has 102 valence electrons. The van der Waals surface area contributed by atoms with Crippen molar-refractivity contribution in [3.63, 3.8) is 0 Å². The van der Waals surface area contributed by atoms with Gasteiger partial charge in [0.1, 0.15) is 12.6 Å². The third kappa shape index (κ3) is 2.66. The van der Waals surface area contributed by atoms with Crippen molar-refractivity contribution in [1.29, 1.82) is 0 Å². The number of carbonyl (C=O) groups excluding carboxylic acids is 2. The Labute approximate surface area is 108 Å². The molecule has 2 aliphatic rings. The monoisotopic (exact) mass is 254 g/mol. The van der Waals surface area contributed by atoms with E-state index < -0.39 is 0 Å². The van der Waals surface area contributed by atoms with Crippen LogP contribution in [0.5, 0.6) is 0 Å². The lowest BCUT2D eigenvalue weighted by Gasteiger charge is -2.37. The summed E-state index contributed by atoms with van der Waals surface area (Å²) in [6.07, 6.45) is 1.55. The molecule has 2 heterocycles. The molecule has 0 bridgehead atoms. The van der Waals surface area contributed by atoms with E-state index in [1.807, 2.05) is 6.92 Å². The van der Waals surface area contributed by atoms with Crippen LogP contribution in [0.15, 0.2) is 0 Å². The minimum atomic E-state index is -0.362. The number of piperazine rings is 1. The molecule has 2 rings (SSSR count). The van der Waals surface area contributed by atoms with Crippen molar-refractivity contribution < 1.29 is 14.3 Å². The lowest BCUT2D eigenvalue weighted by molar-refractivity contribution is -0.148. The van der Waals surface area contributed by atoms with Crippen molar-refractivity contribution in [3.05, 3.63) is 0 Å². The highest BCUT2D eigenvalue weighted by Crippen LogP contribution is 2.23. The topological polar surface area (TPSA) is 58.6 Å². The highest BCUT2D eigenvalue weighted by molar-refractivity contribution is 5.95. The molecule has 5 nitrogen and oxygen atoms in total. The zero-order chi connectivity index (χ0) is 13.3. The first kappa shape index (κ1) is 13.3. The van der Waals surface area contributed by atoms with Gasteiger partial charge < -0.3 is 15.0 Å². The summed E-state index contributed by atoms with van der Waals surface area (Å²) in [5.41, 5.74) is 0. The van der Waals surface area contributed by atoms with Crippen LogP contribution in [0.4, 0.5) is 0 Å². The third-order valence-corrected chi connectivity index (χ3v) is 3.67. The molecule has 0 aromatic rings. The highest BCUT2D eigenvalue weighted by Gasteiger charge is 2.40. The van der Waals surface area contributed by atoms with Crippen LogP contribution >= 0.6 is 0 Å². The summed E-state index contributed by atoms with van der Waals surface area (Å²) in [6.45, 7) is 6.92. The first-order valence-corrected chi connectivity index (χ1v) is 6.70. The van der Waals surface area contributed by atoms with Gasteiger partial charge in [-0.3, -0.25) is 9.59 Å². The summed E-state index contributed by atoms with van der Waals surface area (Å²) in [5.74, 6) is 0.376. The lowest BCUT2D eigenvalue weighted by Crippen LogP contribution is -2.61. The van der Waals surface area contributed by atoms with E-state index in [0.717, 1.165) is 6.42 Å². The van der Waals surface area contributed by atoms with Gasteiger partial charge in [-0.05, 0) is 25.7 Å². The predicted molar refractivity (Wildman–Crippen MR) is 66.9 cm³/mol. The van der Waals surface area contributed by atoms with Crippen molar-refractivity contribution in [2.24, 2.45) is 5.92 Å². The van der Waals surface area contributed by atoms with E-state index in [-0.39, 0.29) is 36.5 Å². The number of ether oxygens (including phenoxy) is 1. The number of carbonyl (C=O) groups is 2. The van der Waals surface area contributed by atoms with Crippen LogP contribution in [-0.2, 0) is 14.3 Å². The molecule has 2 amide bonds. The van der Waals surface area contributed by atoms with Gasteiger partial charge in [0.25, 0.3) is 0 Å². The number of nitrogens with one attached hydrogen (secondary N) is 1. The average Bonchev–Trinajstić information content (AvgIpc) is 2.68. The molecule has 0 saturated carbocycles. The lowest BCUT2D eigenvalue weighted by atomic mass is 9.99. The van der Waals surface area contributed by atoms with Gasteiger partial charge in [0.05, 0.1) is 12.1 Å². The maximum absolute atomic E-state index is 12.4. The minimum Gasteiger partial charge on any atom is -0.376 e. The van der Waals surface area contributed by atoms with Gasteiger partial charge in [-0.15, -0.1) is 0 Å². The first-order chi connectivity index (χ1) is 8.49. The molecule has 3 atom stereocenters. The van der Waals surface area contributed by atoms with Gasteiger partial charge in [-0.2, -0.15) is 0 Å². The van der Waals surface area contributed by atoms with Crippen molar-refractivity contribution >= 4 is 11.8 Å². The molecule has 2 fully saturated rings. The Kier molecular flexibility index (Phi) is 3.90. The van der Waals surface area contributed by atoms with E-state index in [9.17, 15) is 9.59 Å². The fraction of sp³-hybridized carbons (Fsp3) is 0.846. The summed E-state index contributed by atoms with van der Waals surface area (Å²) < 4.78 is 5.49. The molecule has 18 heavy (non-hydrogen) atoms. The number of amides is 2. The zero-order valence-corrected chi connectivity index (χ0v) is 11.3. The SMILES string of the molecule is CC(C)CC1NC(=O)CN(C2CCOC2C)C1=O. The van der Waals surface area contributed by atoms with E-state index in [1.54, 1.807) is 4.90 Å². The van der Waals surface area contributed by atoms with Gasteiger partial charge in [0.15, 0.2) is 0 Å². The van der Waals surface area contributed by atoms with Gasteiger partial charge in [-0.1, -0.05) is 13.8 Å². The number of hydrogen-bond donors (Lipinski definition) is 1. The number of nitrogens with zero attached hydrogens (tertiary/aromatic N) is 1. The summed E-state index contributed by atoms with van der Waals surface area (Å²) in [4.78, 5) is 25.8. The average molecular weight is 254 g/mol. The molecule has 1 N–H and O–H groups in total. The van der Waals surface area contributed by atoms with E-state index in [2.05, 4.69) is 19.2 Å². The second-order valence-corrected chi connectivity index (χ2v) is 5.65. The van der Waals surface area contributed by atoms with Crippen LogP contribution in [0, 0.1) is 5.92 Å². The van der Waals surface area contributed by atoms with Crippen LogP contribution in [-0.4, -0.2) is 48.1 Å². The van der Waals surface area contributed by atoms with Crippen molar-refractivity contribution in [2.45, 2.75) is 51.8 Å². The minimum absolute atomic E-state index is 0.0274. The predicted octanol–water partition coefficient (Wildman–Crippen LogP) is 0.537. The molecule has 0 radical (unpaired) electrons. The largest absolute Gasteiger partial charge is 0.376 e. The van der Waals surface area contributed by atoms with Gasteiger partial charge in [-0.25, -0.2) is 0 Å². The molecule has 2 saturated heterocycles. The molecule has 2 aliphatic heterocycles. The van der Waals surface area contributed by atoms with Gasteiger partial charge in [0, 0.05) is 6.61 Å². The highest BCUT2D eigenvalue weighted by atomic mass is 16.5. The smallest absolute Gasteiger partial charge is 0.245 e. The van der Waals surface area contributed by atoms with Gasteiger partial charge in [0.2, 0.25) is 11.8 Å². The Hall–Kier alpha value is -1.10. The summed E-state index contributed by atoms with van der Waals surface area (Å²) in [6, 6.07) is -0.308. The van der Waals surface area contributed by atoms with Crippen molar-refractivity contribution in [2.75, 3.05) is 13.2 Å². The Balaban J connectivity index is 2.09. The molecular formula is C13H22N2O3. The molecule has 0 aromatic carbocycles. The molecule has 5 heteroatoms. The Morgan fingerprint density at radius 2 is 2.17 bits per heavy atom. The number of rotatable bonds is 3. The first-order valence-electron chi connectivity index (χ1n) is 6.70. The van der Waals surface area contributed by atoms with Gasteiger partial charge >= 0.3 is 0 Å². The molecular weight excluding hydrogens is 232 g/mol. The van der Waals surface area contributed by atoms with Crippen molar-refractivity contribution in [1.82, 2.24) is 10.2 Å². The fourth-order valence-electron chi connectivity index (χ4n) is 2.78. The maximum Gasteiger partial charge on any atom is 0.245 e.